The van der Waals surface area contributed by atoms with Crippen molar-refractivity contribution in [3.05, 3.63) is 172 Å². The summed E-state index contributed by atoms with van der Waals surface area (Å²) >= 11 is 0. The predicted molar refractivity (Wildman–Crippen MR) is 224 cm³/mol. The normalized spacial score (nSPS) is 14.3. The van der Waals surface area contributed by atoms with E-state index in [0.717, 1.165) is 0 Å². The molecule has 246 valence electrons. The summed E-state index contributed by atoms with van der Waals surface area (Å²) in [6, 6.07) is 47.8. The molecule has 49 heavy (non-hydrogen) atoms. The van der Waals surface area contributed by atoms with Gasteiger partial charge in [0, 0.05) is 0 Å². The minimum atomic E-state index is -1.93. The van der Waals surface area contributed by atoms with Crippen LogP contribution in [0.15, 0.2) is 127 Å². The standard InChI is InChI=1S/C44H51B2NSi2/c1-32-31-33(2)40(35(4)34(32)3)45-41(36-23-15-11-16-24-36)43(38-27-19-13-20-28-38)46(47(48(5,6)7)49(8,9)10)44(39-29-21-14-22-30-39)42(45)37-25-17-12-18-26-37/h11-31H,1-10H3. The molecule has 6 rings (SSSR count). The SMILES string of the molecule is Cc1cc(C)c(B2C(c3ccccc3)=C(c3ccccc3)B(N([Si](C)(C)C)[Si](C)(C)C)C(c3ccccc3)=C2c2ccccc2)c(C)c1C. The molecule has 0 radical (unpaired) electrons. The topological polar surface area (TPSA) is 3.24 Å². The monoisotopic (exact) mass is 671 g/mol. The lowest BCUT2D eigenvalue weighted by Gasteiger charge is -2.52. The van der Waals surface area contributed by atoms with Crippen LogP contribution in [0.1, 0.15) is 44.5 Å². The number of aryl methyl sites for hydroxylation is 2. The molecule has 0 saturated heterocycles. The molecule has 0 saturated carbocycles. The lowest BCUT2D eigenvalue weighted by Crippen LogP contribution is -2.67. The van der Waals surface area contributed by atoms with Crippen molar-refractivity contribution in [3.8, 4) is 0 Å². The van der Waals surface area contributed by atoms with Gasteiger partial charge in [-0.2, -0.15) is 0 Å². The van der Waals surface area contributed by atoms with Crippen molar-refractivity contribution in [2.24, 2.45) is 0 Å². The minimum absolute atomic E-state index is 0.0240. The number of hydrogen-bond acceptors (Lipinski definition) is 1. The van der Waals surface area contributed by atoms with Crippen LogP contribution < -0.4 is 5.46 Å². The number of hydrogen-bond donors (Lipinski definition) is 0. The highest BCUT2D eigenvalue weighted by atomic mass is 28.4. The van der Waals surface area contributed by atoms with Gasteiger partial charge in [-0.25, -0.2) is 0 Å². The van der Waals surface area contributed by atoms with Crippen molar-refractivity contribution in [2.45, 2.75) is 67.0 Å². The highest BCUT2D eigenvalue weighted by Gasteiger charge is 2.51. The van der Waals surface area contributed by atoms with E-state index >= 15 is 0 Å². The highest BCUT2D eigenvalue weighted by molar-refractivity contribution is 7.20. The molecule has 0 spiro atoms. The van der Waals surface area contributed by atoms with Crippen molar-refractivity contribution in [3.63, 3.8) is 0 Å². The smallest absolute Gasteiger partial charge is 0.278 e. The Morgan fingerprint density at radius 1 is 0.408 bits per heavy atom. The second-order valence-corrected chi connectivity index (χ2v) is 25.9. The maximum Gasteiger partial charge on any atom is 0.278 e. The Morgan fingerprint density at radius 3 is 1.06 bits per heavy atom. The number of benzene rings is 5. The van der Waals surface area contributed by atoms with Crippen LogP contribution in [-0.2, 0) is 0 Å². The molecule has 0 N–H and O–H groups in total. The zero-order chi connectivity index (χ0) is 35.1. The summed E-state index contributed by atoms with van der Waals surface area (Å²) in [5, 5.41) is 0. The second kappa shape index (κ2) is 13.8. The largest absolute Gasteiger partial charge is 0.380 e. The van der Waals surface area contributed by atoms with E-state index in [2.05, 4.69) is 199 Å². The molecular formula is C44H51B2NSi2. The van der Waals surface area contributed by atoms with Gasteiger partial charge in [-0.3, -0.25) is 0 Å². The molecule has 5 aromatic carbocycles. The van der Waals surface area contributed by atoms with Crippen LogP contribution in [0.25, 0.3) is 21.9 Å². The van der Waals surface area contributed by atoms with E-state index in [1.807, 2.05) is 0 Å². The fourth-order valence-electron chi connectivity index (χ4n) is 8.71. The summed E-state index contributed by atoms with van der Waals surface area (Å²) in [6.07, 6.45) is 0. The molecular weight excluding hydrogens is 620 g/mol. The second-order valence-electron chi connectivity index (χ2n) is 15.8. The summed E-state index contributed by atoms with van der Waals surface area (Å²) < 4.78 is 3.06. The molecule has 0 atom stereocenters. The Hall–Kier alpha value is -3.90. The summed E-state index contributed by atoms with van der Waals surface area (Å²) in [6.45, 7) is 24.7. The van der Waals surface area contributed by atoms with Gasteiger partial charge < -0.3 is 4.14 Å². The first-order valence-corrected chi connectivity index (χ1v) is 24.8. The first-order chi connectivity index (χ1) is 23.3. The first kappa shape index (κ1) is 34.9. The van der Waals surface area contributed by atoms with Gasteiger partial charge in [0.2, 0.25) is 6.71 Å². The van der Waals surface area contributed by atoms with Gasteiger partial charge >= 0.3 is 0 Å². The van der Waals surface area contributed by atoms with Crippen LogP contribution in [0.3, 0.4) is 0 Å². The summed E-state index contributed by atoms with van der Waals surface area (Å²) in [4.78, 5) is 0. The first-order valence-electron chi connectivity index (χ1n) is 17.9. The van der Waals surface area contributed by atoms with Crippen molar-refractivity contribution in [1.82, 2.24) is 4.14 Å². The van der Waals surface area contributed by atoms with E-state index in [4.69, 9.17) is 0 Å². The fraction of sp³-hybridized carbons (Fsp3) is 0.227. The molecule has 0 aromatic heterocycles. The van der Waals surface area contributed by atoms with Crippen LogP contribution >= 0.6 is 0 Å². The highest BCUT2D eigenvalue weighted by Crippen LogP contribution is 2.49. The molecule has 0 fully saturated rings. The van der Waals surface area contributed by atoms with Crippen LogP contribution in [0.4, 0.5) is 0 Å². The van der Waals surface area contributed by atoms with E-state index in [1.54, 1.807) is 0 Å². The summed E-state index contributed by atoms with van der Waals surface area (Å²) in [5.41, 5.74) is 18.0. The molecule has 0 bridgehead atoms. The van der Waals surface area contributed by atoms with E-state index in [9.17, 15) is 0 Å². The van der Waals surface area contributed by atoms with Crippen LogP contribution in [0, 0.1) is 27.7 Å². The Morgan fingerprint density at radius 2 is 0.735 bits per heavy atom. The molecule has 1 nitrogen and oxygen atoms in total. The van der Waals surface area contributed by atoms with Gasteiger partial charge in [-0.05, 0) is 61.1 Å². The molecule has 1 heterocycles. The zero-order valence-electron chi connectivity index (χ0n) is 31.2. The maximum atomic E-state index is 3.06. The fourth-order valence-corrected chi connectivity index (χ4v) is 18.8. The average Bonchev–Trinajstić information content (AvgIpc) is 3.07. The number of nitrogens with zero attached hydrogens (tertiary/aromatic N) is 1. The lowest BCUT2D eigenvalue weighted by atomic mass is 9.23. The van der Waals surface area contributed by atoms with Crippen molar-refractivity contribution < 1.29 is 0 Å². The van der Waals surface area contributed by atoms with Gasteiger partial charge in [-0.15, -0.1) is 0 Å². The van der Waals surface area contributed by atoms with Crippen molar-refractivity contribution >= 4 is 57.4 Å². The molecule has 5 aromatic rings. The molecule has 0 amide bonds. The van der Waals surface area contributed by atoms with Crippen LogP contribution in [0.2, 0.25) is 39.3 Å². The van der Waals surface area contributed by atoms with Gasteiger partial charge in [0.25, 0.3) is 6.85 Å². The van der Waals surface area contributed by atoms with E-state index in [0.29, 0.717) is 0 Å². The molecule has 1 aliphatic rings. The average molecular weight is 672 g/mol. The van der Waals surface area contributed by atoms with Gasteiger partial charge in [-0.1, -0.05) is 205 Å². The summed E-state index contributed by atoms with van der Waals surface area (Å²) in [5.74, 6) is 0. The zero-order valence-corrected chi connectivity index (χ0v) is 33.2. The third-order valence-corrected chi connectivity index (χ3v) is 17.9. The molecule has 1 aliphatic heterocycles. The lowest BCUT2D eigenvalue weighted by molar-refractivity contribution is 0.947. The van der Waals surface area contributed by atoms with E-state index in [1.165, 1.54) is 71.9 Å². The van der Waals surface area contributed by atoms with Gasteiger partial charge in [0.15, 0.2) is 0 Å². The van der Waals surface area contributed by atoms with Crippen molar-refractivity contribution in [1.29, 1.82) is 0 Å². The van der Waals surface area contributed by atoms with Crippen LogP contribution in [0.5, 0.6) is 0 Å². The molecule has 0 aliphatic carbocycles. The predicted octanol–water partition coefficient (Wildman–Crippen LogP) is 11.0. The number of rotatable bonds is 8. The third-order valence-electron chi connectivity index (χ3n) is 10.5. The van der Waals surface area contributed by atoms with Crippen LogP contribution in [-0.4, -0.2) is 34.2 Å². The quantitative estimate of drug-likeness (QED) is 0.148. The minimum Gasteiger partial charge on any atom is -0.380 e. The summed E-state index contributed by atoms with van der Waals surface area (Å²) in [7, 11) is -3.87. The van der Waals surface area contributed by atoms with E-state index in [-0.39, 0.29) is 13.6 Å². The Bertz CT molecular complexity index is 1890. The molecule has 0 unspecified atom stereocenters. The Labute approximate surface area is 299 Å². The maximum absolute atomic E-state index is 3.06. The van der Waals surface area contributed by atoms with Crippen molar-refractivity contribution in [2.75, 3.05) is 0 Å². The van der Waals surface area contributed by atoms with Gasteiger partial charge in [0.1, 0.15) is 16.5 Å². The Balaban J connectivity index is 1.94. The Kier molecular flexibility index (Phi) is 9.83. The third kappa shape index (κ3) is 6.69. The van der Waals surface area contributed by atoms with E-state index < -0.39 is 16.5 Å². The molecule has 5 heteroatoms. The van der Waals surface area contributed by atoms with Gasteiger partial charge in [0.05, 0.1) is 0 Å².